The maximum atomic E-state index is 13.0. The van der Waals surface area contributed by atoms with Crippen LogP contribution in [0.25, 0.3) is 0 Å². The highest BCUT2D eigenvalue weighted by atomic mass is 32.2. The number of benzene rings is 3. The molecule has 0 radical (unpaired) electrons. The summed E-state index contributed by atoms with van der Waals surface area (Å²) >= 11 is 1.57. The van der Waals surface area contributed by atoms with Crippen LogP contribution in [-0.2, 0) is 11.3 Å². The third-order valence-electron chi connectivity index (χ3n) is 6.03. The Morgan fingerprint density at radius 3 is 2.53 bits per heavy atom. The van der Waals surface area contributed by atoms with Gasteiger partial charge in [0.25, 0.3) is 5.91 Å². The lowest BCUT2D eigenvalue weighted by Gasteiger charge is -2.34. The zero-order valence-electron chi connectivity index (χ0n) is 19.7. The Hall–Kier alpha value is -3.93. The number of anilines is 1. The van der Waals surface area contributed by atoms with E-state index in [1.54, 1.807) is 18.0 Å². The van der Waals surface area contributed by atoms with Crippen molar-refractivity contribution in [3.05, 3.63) is 90.1 Å². The van der Waals surface area contributed by atoms with Crippen LogP contribution >= 0.6 is 11.8 Å². The number of carbonyl (C=O) groups excluding carboxylic acids is 1. The highest BCUT2D eigenvalue weighted by Gasteiger charge is 2.20. The lowest BCUT2D eigenvalue weighted by molar-refractivity contribution is -0.112. The summed E-state index contributed by atoms with van der Waals surface area (Å²) in [6, 6.07) is 25.7. The summed E-state index contributed by atoms with van der Waals surface area (Å²) in [7, 11) is 0. The van der Waals surface area contributed by atoms with Crippen LogP contribution in [0.2, 0.25) is 0 Å². The third kappa shape index (κ3) is 5.82. The first-order valence-electron chi connectivity index (χ1n) is 11.8. The third-order valence-corrected chi connectivity index (χ3v) is 7.12. The molecule has 0 atom stereocenters. The molecule has 1 saturated heterocycles. The maximum Gasteiger partial charge on any atom is 0.267 e. The molecule has 2 heterocycles. The van der Waals surface area contributed by atoms with E-state index in [-0.39, 0.29) is 12.4 Å². The standard InChI is InChI=1S/C28H26N4O3S/c29-17-22(28(33)30-24-8-4-5-9-27(24)36-23-6-2-1-3-7-23)19-32-14-12-31(13-15-32)18-21-10-11-25-26(16-21)35-20-34-25/h1-11,16,19H,12-15,18,20H2,(H,30,33)/b22-19-. The van der Waals surface area contributed by atoms with Crippen molar-refractivity contribution in [2.45, 2.75) is 16.3 Å². The summed E-state index contributed by atoms with van der Waals surface area (Å²) in [5, 5.41) is 12.6. The normalized spacial score (nSPS) is 15.4. The van der Waals surface area contributed by atoms with E-state index >= 15 is 0 Å². The Kier molecular flexibility index (Phi) is 7.41. The number of piperazine rings is 1. The lowest BCUT2D eigenvalue weighted by atomic mass is 10.1. The lowest BCUT2D eigenvalue weighted by Crippen LogP contribution is -2.43. The van der Waals surface area contributed by atoms with Crippen LogP contribution in [0.1, 0.15) is 5.56 Å². The van der Waals surface area contributed by atoms with Crippen molar-refractivity contribution in [3.63, 3.8) is 0 Å². The van der Waals surface area contributed by atoms with Gasteiger partial charge in [-0.2, -0.15) is 5.26 Å². The smallest absolute Gasteiger partial charge is 0.267 e. The summed E-state index contributed by atoms with van der Waals surface area (Å²) in [4.78, 5) is 19.3. The molecule has 0 aliphatic carbocycles. The molecule has 1 N–H and O–H groups in total. The molecule has 5 rings (SSSR count). The Labute approximate surface area is 214 Å². The van der Waals surface area contributed by atoms with E-state index < -0.39 is 5.91 Å². The van der Waals surface area contributed by atoms with Gasteiger partial charge < -0.3 is 19.7 Å². The van der Waals surface area contributed by atoms with Crippen LogP contribution < -0.4 is 14.8 Å². The van der Waals surface area contributed by atoms with Gasteiger partial charge in [0.2, 0.25) is 6.79 Å². The molecule has 0 unspecified atom stereocenters. The fourth-order valence-corrected chi connectivity index (χ4v) is 5.06. The van der Waals surface area contributed by atoms with Gasteiger partial charge in [0.1, 0.15) is 11.6 Å². The molecule has 1 amide bonds. The molecule has 182 valence electrons. The molecular weight excluding hydrogens is 472 g/mol. The highest BCUT2D eigenvalue weighted by molar-refractivity contribution is 7.99. The van der Waals surface area contributed by atoms with Crippen LogP contribution in [-0.4, -0.2) is 48.7 Å². The molecule has 1 fully saturated rings. The Bertz CT molecular complexity index is 1300. The van der Waals surface area contributed by atoms with Gasteiger partial charge >= 0.3 is 0 Å². The number of nitrogens with zero attached hydrogens (tertiary/aromatic N) is 3. The van der Waals surface area contributed by atoms with Gasteiger partial charge in [-0.15, -0.1) is 0 Å². The molecule has 7 nitrogen and oxygen atoms in total. The fraction of sp³-hybridized carbons (Fsp3) is 0.214. The molecule has 3 aromatic carbocycles. The molecule has 0 aromatic heterocycles. The monoisotopic (exact) mass is 498 g/mol. The highest BCUT2D eigenvalue weighted by Crippen LogP contribution is 2.34. The first-order chi connectivity index (χ1) is 17.7. The number of carbonyl (C=O) groups is 1. The van der Waals surface area contributed by atoms with Crippen molar-refractivity contribution in [3.8, 4) is 17.6 Å². The number of amides is 1. The quantitative estimate of drug-likeness (QED) is 0.373. The minimum absolute atomic E-state index is 0.0961. The van der Waals surface area contributed by atoms with Gasteiger partial charge in [0.15, 0.2) is 11.5 Å². The second-order valence-electron chi connectivity index (χ2n) is 8.52. The first-order valence-corrected chi connectivity index (χ1v) is 12.6. The van der Waals surface area contributed by atoms with Gasteiger partial charge in [-0.1, -0.05) is 48.2 Å². The summed E-state index contributed by atoms with van der Waals surface area (Å²) in [6.45, 7) is 4.24. The molecule has 36 heavy (non-hydrogen) atoms. The molecule has 0 saturated carbocycles. The molecular formula is C28H26N4O3S. The molecule has 0 bridgehead atoms. The van der Waals surface area contributed by atoms with Crippen LogP contribution in [0.3, 0.4) is 0 Å². The van der Waals surface area contributed by atoms with Crippen LogP contribution in [0.5, 0.6) is 11.5 Å². The van der Waals surface area contributed by atoms with E-state index in [2.05, 4.69) is 22.4 Å². The van der Waals surface area contributed by atoms with Crippen molar-refractivity contribution < 1.29 is 14.3 Å². The van der Waals surface area contributed by atoms with Crippen molar-refractivity contribution in [2.24, 2.45) is 0 Å². The first kappa shape index (κ1) is 23.8. The van der Waals surface area contributed by atoms with Gasteiger partial charge in [-0.3, -0.25) is 9.69 Å². The predicted octanol–water partition coefficient (Wildman–Crippen LogP) is 4.73. The predicted molar refractivity (Wildman–Crippen MR) is 139 cm³/mol. The topological polar surface area (TPSA) is 77.8 Å². The van der Waals surface area contributed by atoms with Gasteiger partial charge in [0, 0.05) is 48.7 Å². The van der Waals surface area contributed by atoms with Gasteiger partial charge in [-0.25, -0.2) is 0 Å². The molecule has 2 aliphatic rings. The number of fused-ring (bicyclic) bond motifs is 1. The largest absolute Gasteiger partial charge is 0.454 e. The van der Waals surface area contributed by atoms with E-state index in [9.17, 15) is 10.1 Å². The van der Waals surface area contributed by atoms with E-state index in [4.69, 9.17) is 9.47 Å². The number of hydrogen-bond donors (Lipinski definition) is 1. The average Bonchev–Trinajstić information content (AvgIpc) is 3.38. The molecule has 2 aliphatic heterocycles. The average molecular weight is 499 g/mol. The maximum absolute atomic E-state index is 13.0. The van der Waals surface area contributed by atoms with Crippen LogP contribution in [0.4, 0.5) is 5.69 Å². The summed E-state index contributed by atoms with van der Waals surface area (Å²) in [6.07, 6.45) is 1.68. The zero-order valence-corrected chi connectivity index (χ0v) is 20.5. The molecule has 8 heteroatoms. The second kappa shape index (κ2) is 11.2. The number of nitrogens with one attached hydrogen (secondary N) is 1. The number of rotatable bonds is 7. The number of hydrogen-bond acceptors (Lipinski definition) is 7. The van der Waals surface area contributed by atoms with Crippen LogP contribution in [0, 0.1) is 11.3 Å². The Balaban J connectivity index is 1.18. The Morgan fingerprint density at radius 1 is 0.972 bits per heavy atom. The SMILES string of the molecule is N#C/C(=C/N1CCN(Cc2ccc3c(c2)OCO3)CC1)C(=O)Nc1ccccc1Sc1ccccc1. The van der Waals surface area contributed by atoms with E-state index in [1.165, 1.54) is 5.56 Å². The van der Waals surface area contributed by atoms with Gasteiger partial charge in [0.05, 0.1) is 5.69 Å². The second-order valence-corrected chi connectivity index (χ2v) is 9.64. The van der Waals surface area contributed by atoms with Gasteiger partial charge in [-0.05, 0) is 42.0 Å². The minimum Gasteiger partial charge on any atom is -0.454 e. The van der Waals surface area contributed by atoms with E-state index in [0.717, 1.165) is 54.0 Å². The number of ether oxygens (including phenoxy) is 2. The fourth-order valence-electron chi connectivity index (χ4n) is 4.13. The van der Waals surface area contributed by atoms with E-state index in [0.29, 0.717) is 5.69 Å². The van der Waals surface area contributed by atoms with E-state index in [1.807, 2.05) is 71.6 Å². The zero-order chi connectivity index (χ0) is 24.7. The Morgan fingerprint density at radius 2 is 1.72 bits per heavy atom. The van der Waals surface area contributed by atoms with Crippen molar-refractivity contribution in [1.29, 1.82) is 5.26 Å². The van der Waals surface area contributed by atoms with Crippen molar-refractivity contribution >= 4 is 23.4 Å². The molecule has 0 spiro atoms. The number of nitriles is 1. The summed E-state index contributed by atoms with van der Waals surface area (Å²) < 4.78 is 10.9. The molecule has 3 aromatic rings. The van der Waals surface area contributed by atoms with Crippen LogP contribution in [0.15, 0.2) is 94.4 Å². The number of para-hydroxylation sites is 1. The van der Waals surface area contributed by atoms with Crippen molar-refractivity contribution in [2.75, 3.05) is 38.3 Å². The summed E-state index contributed by atoms with van der Waals surface area (Å²) in [5.74, 6) is 1.18. The van der Waals surface area contributed by atoms with Crippen molar-refractivity contribution in [1.82, 2.24) is 9.80 Å². The summed E-state index contributed by atoms with van der Waals surface area (Å²) in [5.41, 5.74) is 1.96. The minimum atomic E-state index is -0.401.